The Kier molecular flexibility index (Phi) is 3.06. The van der Waals surface area contributed by atoms with Crippen molar-refractivity contribution in [3.8, 4) is 0 Å². The zero-order chi connectivity index (χ0) is 9.97. The highest BCUT2D eigenvalue weighted by atomic mass is 15.3. The van der Waals surface area contributed by atoms with Crippen molar-refractivity contribution in [3.63, 3.8) is 0 Å². The highest BCUT2D eigenvalue weighted by Crippen LogP contribution is 2.55. The lowest BCUT2D eigenvalue weighted by Crippen LogP contribution is -2.33. The van der Waals surface area contributed by atoms with Crippen LogP contribution < -0.4 is 11.3 Å². The molecule has 0 aromatic rings. The van der Waals surface area contributed by atoms with E-state index in [0.29, 0.717) is 5.92 Å². The third-order valence-corrected chi connectivity index (χ3v) is 3.63. The fourth-order valence-corrected chi connectivity index (χ4v) is 2.88. The van der Waals surface area contributed by atoms with Crippen LogP contribution in [0.15, 0.2) is 4.99 Å². The smallest absolute Gasteiger partial charge is 0.114 e. The molecule has 0 heterocycles. The summed E-state index contributed by atoms with van der Waals surface area (Å²) in [6, 6.07) is 0. The first-order valence-corrected chi connectivity index (χ1v) is 5.89. The van der Waals surface area contributed by atoms with Crippen molar-refractivity contribution in [2.24, 2.45) is 28.6 Å². The van der Waals surface area contributed by atoms with Gasteiger partial charge in [0.1, 0.15) is 5.84 Å². The number of hydrazine groups is 1. The SMILES string of the molecule is CCCN=C(NN)C1C2CCCCC21. The number of rotatable bonds is 3. The van der Waals surface area contributed by atoms with Gasteiger partial charge in [0.05, 0.1) is 0 Å². The Morgan fingerprint density at radius 1 is 1.36 bits per heavy atom. The Hall–Kier alpha value is -0.570. The van der Waals surface area contributed by atoms with Crippen molar-refractivity contribution in [3.05, 3.63) is 0 Å². The molecule has 0 aromatic heterocycles. The number of nitrogens with one attached hydrogen (secondary N) is 1. The molecule has 0 radical (unpaired) electrons. The first kappa shape index (κ1) is 9.97. The van der Waals surface area contributed by atoms with Crippen molar-refractivity contribution in [2.75, 3.05) is 6.54 Å². The van der Waals surface area contributed by atoms with Gasteiger partial charge >= 0.3 is 0 Å². The monoisotopic (exact) mass is 195 g/mol. The molecule has 80 valence electrons. The maximum Gasteiger partial charge on any atom is 0.114 e. The van der Waals surface area contributed by atoms with Crippen molar-refractivity contribution in [1.29, 1.82) is 0 Å². The Morgan fingerprint density at radius 3 is 2.50 bits per heavy atom. The summed E-state index contributed by atoms with van der Waals surface area (Å²) in [6.07, 6.45) is 6.70. The molecular weight excluding hydrogens is 174 g/mol. The predicted molar refractivity (Wildman–Crippen MR) is 58.9 cm³/mol. The molecule has 3 nitrogen and oxygen atoms in total. The summed E-state index contributed by atoms with van der Waals surface area (Å²) in [5.41, 5.74) is 2.81. The highest BCUT2D eigenvalue weighted by molar-refractivity contribution is 5.87. The molecule has 2 fully saturated rings. The molecule has 2 aliphatic carbocycles. The number of hydrogen-bond donors (Lipinski definition) is 2. The zero-order valence-corrected chi connectivity index (χ0v) is 9.00. The van der Waals surface area contributed by atoms with E-state index in [2.05, 4.69) is 17.3 Å². The van der Waals surface area contributed by atoms with E-state index in [0.717, 1.165) is 30.6 Å². The molecule has 0 bridgehead atoms. The van der Waals surface area contributed by atoms with E-state index >= 15 is 0 Å². The molecule has 2 rings (SSSR count). The van der Waals surface area contributed by atoms with Gasteiger partial charge in [-0.1, -0.05) is 19.8 Å². The van der Waals surface area contributed by atoms with E-state index in [1.807, 2.05) is 0 Å². The summed E-state index contributed by atoms with van der Waals surface area (Å²) >= 11 is 0. The molecule has 0 amide bonds. The minimum atomic E-state index is 0.675. The molecule has 2 saturated carbocycles. The highest BCUT2D eigenvalue weighted by Gasteiger charge is 2.53. The van der Waals surface area contributed by atoms with Crippen LogP contribution in [0.25, 0.3) is 0 Å². The van der Waals surface area contributed by atoms with Gasteiger partial charge in [0, 0.05) is 12.5 Å². The molecule has 0 aliphatic heterocycles. The maximum atomic E-state index is 5.53. The Balaban J connectivity index is 1.93. The van der Waals surface area contributed by atoms with Gasteiger partial charge in [0.2, 0.25) is 0 Å². The van der Waals surface area contributed by atoms with Crippen molar-refractivity contribution >= 4 is 5.84 Å². The standard InChI is InChI=1S/C11H21N3/c1-2-7-13-11(14-12)10-8-5-3-4-6-9(8)10/h8-10H,2-7,12H2,1H3,(H,13,14). The quantitative estimate of drug-likeness (QED) is 0.312. The first-order chi connectivity index (χ1) is 6.88. The molecule has 2 unspecified atom stereocenters. The third kappa shape index (κ3) is 1.78. The average Bonchev–Trinajstić information content (AvgIpc) is 2.94. The number of hydrogen-bond acceptors (Lipinski definition) is 2. The van der Waals surface area contributed by atoms with Gasteiger partial charge in [0.25, 0.3) is 0 Å². The van der Waals surface area contributed by atoms with E-state index in [-0.39, 0.29) is 0 Å². The van der Waals surface area contributed by atoms with Gasteiger partial charge in [-0.15, -0.1) is 0 Å². The summed E-state index contributed by atoms with van der Waals surface area (Å²) in [7, 11) is 0. The van der Waals surface area contributed by atoms with Crippen LogP contribution in [-0.4, -0.2) is 12.4 Å². The molecule has 0 saturated heterocycles. The van der Waals surface area contributed by atoms with E-state index in [4.69, 9.17) is 5.84 Å². The number of amidine groups is 1. The van der Waals surface area contributed by atoms with E-state index in [1.165, 1.54) is 25.7 Å². The summed E-state index contributed by atoms with van der Waals surface area (Å²) in [6.45, 7) is 3.06. The van der Waals surface area contributed by atoms with Crippen LogP contribution in [0.5, 0.6) is 0 Å². The Bertz CT molecular complexity index is 213. The van der Waals surface area contributed by atoms with E-state index in [1.54, 1.807) is 0 Å². The lowest BCUT2D eigenvalue weighted by atomic mass is 10.0. The minimum absolute atomic E-state index is 0.675. The normalized spacial score (nSPS) is 36.4. The van der Waals surface area contributed by atoms with Crippen LogP contribution in [0, 0.1) is 17.8 Å². The van der Waals surface area contributed by atoms with Crippen LogP contribution in [0.4, 0.5) is 0 Å². The molecule has 0 aromatic carbocycles. The van der Waals surface area contributed by atoms with E-state index in [9.17, 15) is 0 Å². The molecule has 0 spiro atoms. The van der Waals surface area contributed by atoms with Crippen LogP contribution in [0.1, 0.15) is 39.0 Å². The summed E-state index contributed by atoms with van der Waals surface area (Å²) in [5.74, 6) is 9.07. The molecule has 2 aliphatic rings. The second-order valence-corrected chi connectivity index (χ2v) is 4.55. The molecule has 3 heteroatoms. The van der Waals surface area contributed by atoms with Gasteiger partial charge in [-0.3, -0.25) is 4.99 Å². The summed E-state index contributed by atoms with van der Waals surface area (Å²) < 4.78 is 0. The van der Waals surface area contributed by atoms with Gasteiger partial charge in [-0.25, -0.2) is 5.84 Å². The second-order valence-electron chi connectivity index (χ2n) is 4.55. The second kappa shape index (κ2) is 4.30. The van der Waals surface area contributed by atoms with Crippen LogP contribution >= 0.6 is 0 Å². The number of aliphatic imine (C=N–C) groups is 1. The van der Waals surface area contributed by atoms with Gasteiger partial charge in [0.15, 0.2) is 0 Å². The largest absolute Gasteiger partial charge is 0.312 e. The molecule has 3 N–H and O–H groups in total. The minimum Gasteiger partial charge on any atom is -0.312 e. The lowest BCUT2D eigenvalue weighted by molar-refractivity contribution is 0.480. The van der Waals surface area contributed by atoms with E-state index < -0.39 is 0 Å². The fourth-order valence-electron chi connectivity index (χ4n) is 2.88. The first-order valence-electron chi connectivity index (χ1n) is 5.89. The van der Waals surface area contributed by atoms with Crippen LogP contribution in [0.2, 0.25) is 0 Å². The van der Waals surface area contributed by atoms with Gasteiger partial charge in [-0.05, 0) is 31.1 Å². The molecule has 2 atom stereocenters. The summed E-state index contributed by atoms with van der Waals surface area (Å²) in [5, 5.41) is 0. The topological polar surface area (TPSA) is 50.4 Å². The number of nitrogens with two attached hydrogens (primary N) is 1. The molecular formula is C11H21N3. The fraction of sp³-hybridized carbons (Fsp3) is 0.909. The number of fused-ring (bicyclic) bond motifs is 1. The third-order valence-electron chi connectivity index (χ3n) is 3.63. The van der Waals surface area contributed by atoms with Crippen molar-refractivity contribution < 1.29 is 0 Å². The van der Waals surface area contributed by atoms with Gasteiger partial charge < -0.3 is 5.43 Å². The number of nitrogens with zero attached hydrogens (tertiary/aromatic N) is 1. The van der Waals surface area contributed by atoms with Crippen LogP contribution in [-0.2, 0) is 0 Å². The van der Waals surface area contributed by atoms with Crippen molar-refractivity contribution in [1.82, 2.24) is 5.43 Å². The maximum absolute atomic E-state index is 5.53. The van der Waals surface area contributed by atoms with Crippen molar-refractivity contribution in [2.45, 2.75) is 39.0 Å². The Labute approximate surface area is 86.1 Å². The predicted octanol–water partition coefficient (Wildman–Crippen LogP) is 1.69. The zero-order valence-electron chi connectivity index (χ0n) is 9.00. The molecule has 14 heavy (non-hydrogen) atoms. The summed E-state index contributed by atoms with van der Waals surface area (Å²) in [4.78, 5) is 4.53. The van der Waals surface area contributed by atoms with Gasteiger partial charge in [-0.2, -0.15) is 0 Å². The lowest BCUT2D eigenvalue weighted by Gasteiger charge is -2.04. The van der Waals surface area contributed by atoms with Crippen LogP contribution in [0.3, 0.4) is 0 Å². The Morgan fingerprint density at radius 2 is 2.00 bits per heavy atom. The average molecular weight is 195 g/mol.